The molecular formula is C19H14ClN5O. The van der Waals surface area contributed by atoms with Crippen LogP contribution in [-0.4, -0.2) is 19.5 Å². The number of fused-ring (bicyclic) bond motifs is 1. The van der Waals surface area contributed by atoms with Crippen LogP contribution < -0.4 is 11.3 Å². The van der Waals surface area contributed by atoms with Crippen molar-refractivity contribution in [2.45, 2.75) is 6.92 Å². The number of anilines is 1. The second kappa shape index (κ2) is 6.24. The van der Waals surface area contributed by atoms with E-state index in [1.807, 2.05) is 18.2 Å². The molecule has 0 radical (unpaired) electrons. The van der Waals surface area contributed by atoms with E-state index < -0.39 is 0 Å². The number of nitrogen functional groups attached to an aromatic ring is 1. The number of benzene rings is 1. The van der Waals surface area contributed by atoms with E-state index in [1.165, 1.54) is 10.6 Å². The largest absolute Gasteiger partial charge is 0.382 e. The zero-order valence-electron chi connectivity index (χ0n) is 13.8. The molecule has 0 fully saturated rings. The highest BCUT2D eigenvalue weighted by Gasteiger charge is 2.16. The lowest BCUT2D eigenvalue weighted by Crippen LogP contribution is -2.19. The molecule has 0 saturated heterocycles. The molecule has 4 aromatic rings. The Kier molecular flexibility index (Phi) is 3.89. The lowest BCUT2D eigenvalue weighted by molar-refractivity contribution is 0.925. The SMILES string of the molecule is Cc1nc(-c2cc(Cl)c3ncccc3c2)c(-n2ccccc2=O)nc1N. The van der Waals surface area contributed by atoms with E-state index in [0.29, 0.717) is 27.7 Å². The molecule has 0 saturated carbocycles. The van der Waals surface area contributed by atoms with Crippen molar-refractivity contribution in [1.82, 2.24) is 19.5 Å². The number of hydrogen-bond donors (Lipinski definition) is 1. The van der Waals surface area contributed by atoms with Crippen molar-refractivity contribution >= 4 is 28.3 Å². The molecule has 0 bridgehead atoms. The van der Waals surface area contributed by atoms with E-state index in [9.17, 15) is 4.79 Å². The summed E-state index contributed by atoms with van der Waals surface area (Å²) in [7, 11) is 0. The van der Waals surface area contributed by atoms with Crippen LogP contribution in [0, 0.1) is 6.92 Å². The standard InChI is InChI=1S/C19H14ClN5O/c1-11-18(21)24-19(25-8-3-2-6-15(25)26)17(23-11)13-9-12-5-4-7-22-16(12)14(20)10-13/h2-10H,1H3,(H2,21,24). The zero-order valence-corrected chi connectivity index (χ0v) is 14.6. The van der Waals surface area contributed by atoms with Crippen LogP contribution in [0.25, 0.3) is 28.0 Å². The maximum atomic E-state index is 12.3. The second-order valence-electron chi connectivity index (χ2n) is 5.81. The molecule has 0 spiro atoms. The summed E-state index contributed by atoms with van der Waals surface area (Å²) in [6.45, 7) is 1.77. The van der Waals surface area contributed by atoms with Crippen LogP contribution in [0.3, 0.4) is 0 Å². The summed E-state index contributed by atoms with van der Waals surface area (Å²) in [5, 5.41) is 1.37. The molecule has 0 atom stereocenters. The number of pyridine rings is 2. The average Bonchev–Trinajstić information content (AvgIpc) is 2.64. The maximum Gasteiger partial charge on any atom is 0.256 e. The Labute approximate surface area is 153 Å². The molecule has 0 amide bonds. The number of halogens is 1. The first-order valence-corrected chi connectivity index (χ1v) is 8.29. The van der Waals surface area contributed by atoms with Crippen molar-refractivity contribution in [2.24, 2.45) is 0 Å². The van der Waals surface area contributed by atoms with Gasteiger partial charge in [0.1, 0.15) is 11.5 Å². The molecule has 0 aliphatic heterocycles. The van der Waals surface area contributed by atoms with E-state index in [0.717, 1.165) is 10.9 Å². The van der Waals surface area contributed by atoms with Crippen LogP contribution in [0.4, 0.5) is 5.82 Å². The van der Waals surface area contributed by atoms with Gasteiger partial charge in [0.2, 0.25) is 0 Å². The number of aromatic nitrogens is 4. The summed E-state index contributed by atoms with van der Waals surface area (Å²) in [5.74, 6) is 0.631. The molecule has 2 N–H and O–H groups in total. The Bertz CT molecular complexity index is 1200. The normalized spacial score (nSPS) is 11.0. The van der Waals surface area contributed by atoms with Gasteiger partial charge in [0, 0.05) is 29.4 Å². The molecule has 1 aromatic carbocycles. The van der Waals surface area contributed by atoms with Gasteiger partial charge in [0.05, 0.1) is 16.2 Å². The molecule has 0 aliphatic carbocycles. The molecule has 3 heterocycles. The minimum atomic E-state index is -0.222. The average molecular weight is 364 g/mol. The third-order valence-corrected chi connectivity index (χ3v) is 4.36. The molecule has 7 heteroatoms. The fourth-order valence-electron chi connectivity index (χ4n) is 2.77. The van der Waals surface area contributed by atoms with Crippen molar-refractivity contribution < 1.29 is 0 Å². The van der Waals surface area contributed by atoms with Gasteiger partial charge in [-0.1, -0.05) is 23.7 Å². The third kappa shape index (κ3) is 2.70. The van der Waals surface area contributed by atoms with E-state index in [1.54, 1.807) is 37.5 Å². The summed E-state index contributed by atoms with van der Waals surface area (Å²) in [5.41, 5.74) is 8.27. The summed E-state index contributed by atoms with van der Waals surface area (Å²) in [6.07, 6.45) is 3.32. The van der Waals surface area contributed by atoms with Crippen LogP contribution in [-0.2, 0) is 0 Å². The Balaban J connectivity index is 2.05. The summed E-state index contributed by atoms with van der Waals surface area (Å²) < 4.78 is 1.42. The predicted molar refractivity (Wildman–Crippen MR) is 103 cm³/mol. The van der Waals surface area contributed by atoms with Gasteiger partial charge in [-0.2, -0.15) is 0 Å². The first kappa shape index (κ1) is 16.2. The Morgan fingerprint density at radius 2 is 1.96 bits per heavy atom. The quantitative estimate of drug-likeness (QED) is 0.590. The lowest BCUT2D eigenvalue weighted by atomic mass is 10.1. The molecule has 4 rings (SSSR count). The lowest BCUT2D eigenvalue weighted by Gasteiger charge is -2.13. The van der Waals surface area contributed by atoms with Crippen LogP contribution in [0.2, 0.25) is 5.02 Å². The van der Waals surface area contributed by atoms with Crippen molar-refractivity contribution in [3.63, 3.8) is 0 Å². The Hall–Kier alpha value is -3.25. The summed E-state index contributed by atoms with van der Waals surface area (Å²) >= 11 is 6.41. The van der Waals surface area contributed by atoms with Crippen molar-refractivity contribution in [2.75, 3.05) is 5.73 Å². The monoisotopic (exact) mass is 363 g/mol. The Morgan fingerprint density at radius 1 is 1.12 bits per heavy atom. The highest BCUT2D eigenvalue weighted by Crippen LogP contribution is 2.31. The van der Waals surface area contributed by atoms with E-state index in [-0.39, 0.29) is 11.4 Å². The number of nitrogens with zero attached hydrogens (tertiary/aromatic N) is 4. The maximum absolute atomic E-state index is 12.3. The van der Waals surface area contributed by atoms with Gasteiger partial charge < -0.3 is 5.73 Å². The van der Waals surface area contributed by atoms with Gasteiger partial charge in [0.15, 0.2) is 5.82 Å². The first-order chi connectivity index (χ1) is 12.5. The van der Waals surface area contributed by atoms with Gasteiger partial charge in [-0.15, -0.1) is 0 Å². The van der Waals surface area contributed by atoms with Crippen LogP contribution in [0.15, 0.2) is 59.7 Å². The fourth-order valence-corrected chi connectivity index (χ4v) is 3.05. The summed E-state index contributed by atoms with van der Waals surface area (Å²) in [4.78, 5) is 25.6. The van der Waals surface area contributed by atoms with Crippen LogP contribution >= 0.6 is 11.6 Å². The second-order valence-corrected chi connectivity index (χ2v) is 6.22. The molecule has 26 heavy (non-hydrogen) atoms. The minimum Gasteiger partial charge on any atom is -0.382 e. The number of aryl methyl sites for hydroxylation is 1. The highest BCUT2D eigenvalue weighted by atomic mass is 35.5. The first-order valence-electron chi connectivity index (χ1n) is 7.91. The molecule has 128 valence electrons. The van der Waals surface area contributed by atoms with Gasteiger partial charge in [-0.05, 0) is 31.2 Å². The van der Waals surface area contributed by atoms with Crippen molar-refractivity contribution in [1.29, 1.82) is 0 Å². The molecule has 6 nitrogen and oxygen atoms in total. The van der Waals surface area contributed by atoms with Gasteiger partial charge in [-0.3, -0.25) is 14.3 Å². The van der Waals surface area contributed by atoms with E-state index in [2.05, 4.69) is 15.0 Å². The fraction of sp³-hybridized carbons (Fsp3) is 0.0526. The number of hydrogen-bond acceptors (Lipinski definition) is 5. The predicted octanol–water partition coefficient (Wildman–Crippen LogP) is 3.39. The molecular weight excluding hydrogens is 350 g/mol. The molecule has 3 aromatic heterocycles. The van der Waals surface area contributed by atoms with Gasteiger partial charge >= 0.3 is 0 Å². The topological polar surface area (TPSA) is 86.7 Å². The van der Waals surface area contributed by atoms with Gasteiger partial charge in [0.25, 0.3) is 5.56 Å². The number of rotatable bonds is 2. The third-order valence-electron chi connectivity index (χ3n) is 4.07. The Morgan fingerprint density at radius 3 is 2.77 bits per heavy atom. The highest BCUT2D eigenvalue weighted by molar-refractivity contribution is 6.35. The summed E-state index contributed by atoms with van der Waals surface area (Å²) in [6, 6.07) is 12.3. The molecule has 0 aliphatic rings. The van der Waals surface area contributed by atoms with Crippen molar-refractivity contribution in [3.05, 3.63) is 75.9 Å². The van der Waals surface area contributed by atoms with Gasteiger partial charge in [-0.25, -0.2) is 9.97 Å². The van der Waals surface area contributed by atoms with Crippen molar-refractivity contribution in [3.8, 4) is 17.1 Å². The number of nitrogens with two attached hydrogens (primary N) is 1. The smallest absolute Gasteiger partial charge is 0.256 e. The van der Waals surface area contributed by atoms with Crippen LogP contribution in [0.1, 0.15) is 5.69 Å². The minimum absolute atomic E-state index is 0.222. The zero-order chi connectivity index (χ0) is 18.3. The van der Waals surface area contributed by atoms with Crippen LogP contribution in [0.5, 0.6) is 0 Å². The molecule has 0 unspecified atom stereocenters. The van der Waals surface area contributed by atoms with E-state index >= 15 is 0 Å². The van der Waals surface area contributed by atoms with E-state index in [4.69, 9.17) is 17.3 Å².